The van der Waals surface area contributed by atoms with Gasteiger partial charge in [0.2, 0.25) is 5.95 Å². The standard InChI is InChI=1S/C17H20FN5O/c1-2-22-9-11-23(12-10-22)16(24)15-7-8-19-17(21-15)20-14-6-4-3-5-13(14)18/h3-8H,2,9-12H2,1H3,(H,19,20,21). The third-order valence-corrected chi connectivity index (χ3v) is 4.10. The van der Waals surface area contributed by atoms with Crippen molar-refractivity contribution >= 4 is 17.5 Å². The van der Waals surface area contributed by atoms with Crippen molar-refractivity contribution in [3.63, 3.8) is 0 Å². The number of carbonyl (C=O) groups excluding carboxylic acids is 1. The van der Waals surface area contributed by atoms with Crippen LogP contribution < -0.4 is 5.32 Å². The van der Waals surface area contributed by atoms with E-state index in [1.54, 1.807) is 29.2 Å². The molecule has 1 amide bonds. The number of aromatic nitrogens is 2. The SMILES string of the molecule is CCN1CCN(C(=O)c2ccnc(Nc3ccccc3F)n2)CC1. The zero-order valence-corrected chi connectivity index (χ0v) is 13.6. The molecular weight excluding hydrogens is 309 g/mol. The van der Waals surface area contributed by atoms with Crippen molar-refractivity contribution < 1.29 is 9.18 Å². The van der Waals surface area contributed by atoms with Gasteiger partial charge >= 0.3 is 0 Å². The van der Waals surface area contributed by atoms with E-state index >= 15 is 0 Å². The summed E-state index contributed by atoms with van der Waals surface area (Å²) in [4.78, 5) is 25.0. The summed E-state index contributed by atoms with van der Waals surface area (Å²) < 4.78 is 13.7. The number of nitrogens with zero attached hydrogens (tertiary/aromatic N) is 4. The van der Waals surface area contributed by atoms with Gasteiger partial charge in [0, 0.05) is 32.4 Å². The third-order valence-electron chi connectivity index (χ3n) is 4.10. The Kier molecular flexibility index (Phi) is 5.00. The molecule has 1 fully saturated rings. The molecule has 0 aliphatic carbocycles. The fourth-order valence-electron chi connectivity index (χ4n) is 2.65. The fourth-order valence-corrected chi connectivity index (χ4v) is 2.65. The molecule has 1 aromatic carbocycles. The van der Waals surface area contributed by atoms with Gasteiger partial charge in [-0.25, -0.2) is 14.4 Å². The highest BCUT2D eigenvalue weighted by atomic mass is 19.1. The molecule has 24 heavy (non-hydrogen) atoms. The summed E-state index contributed by atoms with van der Waals surface area (Å²) in [5, 5.41) is 2.81. The molecule has 0 radical (unpaired) electrons. The second-order valence-corrected chi connectivity index (χ2v) is 5.60. The van der Waals surface area contributed by atoms with Gasteiger partial charge in [0.25, 0.3) is 5.91 Å². The molecule has 7 heteroatoms. The number of amides is 1. The number of nitrogens with one attached hydrogen (secondary N) is 1. The molecule has 1 aliphatic heterocycles. The average molecular weight is 329 g/mol. The van der Waals surface area contributed by atoms with Crippen LogP contribution in [0.2, 0.25) is 0 Å². The van der Waals surface area contributed by atoms with E-state index in [2.05, 4.69) is 27.1 Å². The first-order valence-corrected chi connectivity index (χ1v) is 8.03. The number of para-hydroxylation sites is 1. The Balaban J connectivity index is 1.71. The maximum Gasteiger partial charge on any atom is 0.272 e. The predicted octanol–water partition coefficient (Wildman–Crippen LogP) is 2.14. The largest absolute Gasteiger partial charge is 0.335 e. The predicted molar refractivity (Wildman–Crippen MR) is 89.7 cm³/mol. The molecular formula is C17H20FN5O. The Labute approximate surface area is 140 Å². The van der Waals surface area contributed by atoms with Crippen LogP contribution in [0.1, 0.15) is 17.4 Å². The number of benzene rings is 1. The van der Waals surface area contributed by atoms with Crippen LogP contribution in [0.25, 0.3) is 0 Å². The Morgan fingerprint density at radius 1 is 1.21 bits per heavy atom. The maximum atomic E-state index is 13.7. The molecule has 6 nitrogen and oxygen atoms in total. The monoisotopic (exact) mass is 329 g/mol. The number of carbonyl (C=O) groups is 1. The summed E-state index contributed by atoms with van der Waals surface area (Å²) in [6, 6.07) is 7.85. The van der Waals surface area contributed by atoms with Crippen molar-refractivity contribution in [1.29, 1.82) is 0 Å². The lowest BCUT2D eigenvalue weighted by molar-refractivity contribution is 0.0637. The first-order valence-electron chi connectivity index (χ1n) is 8.03. The van der Waals surface area contributed by atoms with E-state index in [0.29, 0.717) is 18.8 Å². The number of halogens is 1. The summed E-state index contributed by atoms with van der Waals surface area (Å²) in [5.41, 5.74) is 0.590. The molecule has 2 aromatic rings. The van der Waals surface area contributed by atoms with E-state index in [9.17, 15) is 9.18 Å². The van der Waals surface area contributed by atoms with Gasteiger partial charge in [-0.2, -0.15) is 0 Å². The number of anilines is 2. The van der Waals surface area contributed by atoms with Crippen LogP contribution in [0.3, 0.4) is 0 Å². The molecule has 0 unspecified atom stereocenters. The zero-order valence-electron chi connectivity index (χ0n) is 13.6. The van der Waals surface area contributed by atoms with Crippen LogP contribution in [0, 0.1) is 5.82 Å². The molecule has 1 saturated heterocycles. The second-order valence-electron chi connectivity index (χ2n) is 5.60. The van der Waals surface area contributed by atoms with Crippen molar-refractivity contribution in [2.75, 3.05) is 38.0 Å². The van der Waals surface area contributed by atoms with E-state index in [-0.39, 0.29) is 17.5 Å². The van der Waals surface area contributed by atoms with Gasteiger partial charge in [0.05, 0.1) is 5.69 Å². The van der Waals surface area contributed by atoms with Crippen molar-refractivity contribution in [3.05, 3.63) is 48.0 Å². The van der Waals surface area contributed by atoms with E-state index in [1.165, 1.54) is 12.3 Å². The molecule has 2 heterocycles. The molecule has 0 saturated carbocycles. The van der Waals surface area contributed by atoms with Crippen molar-refractivity contribution in [1.82, 2.24) is 19.8 Å². The molecule has 126 valence electrons. The van der Waals surface area contributed by atoms with Gasteiger partial charge in [0.1, 0.15) is 11.5 Å². The minimum Gasteiger partial charge on any atom is -0.335 e. The van der Waals surface area contributed by atoms with Gasteiger partial charge < -0.3 is 15.1 Å². The van der Waals surface area contributed by atoms with Crippen LogP contribution in [-0.2, 0) is 0 Å². The summed E-state index contributed by atoms with van der Waals surface area (Å²) in [7, 11) is 0. The smallest absolute Gasteiger partial charge is 0.272 e. The van der Waals surface area contributed by atoms with E-state index in [0.717, 1.165) is 19.6 Å². The lowest BCUT2D eigenvalue weighted by Crippen LogP contribution is -2.48. The molecule has 0 atom stereocenters. The highest BCUT2D eigenvalue weighted by Gasteiger charge is 2.22. The molecule has 1 aliphatic rings. The van der Waals surface area contributed by atoms with E-state index < -0.39 is 5.82 Å². The van der Waals surface area contributed by atoms with Crippen LogP contribution in [0.4, 0.5) is 16.0 Å². The van der Waals surface area contributed by atoms with E-state index in [1.807, 2.05) is 0 Å². The molecule has 1 aromatic heterocycles. The first-order chi connectivity index (χ1) is 11.7. The van der Waals surface area contributed by atoms with Crippen LogP contribution in [0.15, 0.2) is 36.5 Å². The Bertz CT molecular complexity index is 716. The summed E-state index contributed by atoms with van der Waals surface area (Å²) >= 11 is 0. The van der Waals surface area contributed by atoms with Crippen LogP contribution in [-0.4, -0.2) is 58.4 Å². The maximum absolute atomic E-state index is 13.7. The molecule has 1 N–H and O–H groups in total. The van der Waals surface area contributed by atoms with Crippen LogP contribution >= 0.6 is 0 Å². The summed E-state index contributed by atoms with van der Waals surface area (Å²) in [6.45, 7) is 6.22. The summed E-state index contributed by atoms with van der Waals surface area (Å²) in [6.07, 6.45) is 1.51. The minimum absolute atomic E-state index is 0.121. The average Bonchev–Trinajstić information content (AvgIpc) is 2.63. The molecule has 0 spiro atoms. The Morgan fingerprint density at radius 3 is 2.67 bits per heavy atom. The van der Waals surface area contributed by atoms with Gasteiger partial charge in [0.15, 0.2) is 0 Å². The van der Waals surface area contributed by atoms with Gasteiger partial charge in [-0.3, -0.25) is 4.79 Å². The van der Waals surface area contributed by atoms with Crippen molar-refractivity contribution in [3.8, 4) is 0 Å². The Hall–Kier alpha value is -2.54. The number of likely N-dealkylation sites (N-methyl/N-ethyl adjacent to an activating group) is 1. The summed E-state index contributed by atoms with van der Waals surface area (Å²) in [5.74, 6) is -0.309. The number of hydrogen-bond donors (Lipinski definition) is 1. The van der Waals surface area contributed by atoms with Crippen molar-refractivity contribution in [2.24, 2.45) is 0 Å². The topological polar surface area (TPSA) is 61.4 Å². The fraction of sp³-hybridized carbons (Fsp3) is 0.353. The Morgan fingerprint density at radius 2 is 1.96 bits per heavy atom. The van der Waals surface area contributed by atoms with E-state index in [4.69, 9.17) is 0 Å². The lowest BCUT2D eigenvalue weighted by atomic mass is 10.2. The highest BCUT2D eigenvalue weighted by Crippen LogP contribution is 2.17. The molecule has 3 rings (SSSR count). The first kappa shape index (κ1) is 16.3. The van der Waals surface area contributed by atoms with Crippen molar-refractivity contribution in [2.45, 2.75) is 6.92 Å². The minimum atomic E-state index is -0.395. The quantitative estimate of drug-likeness (QED) is 0.931. The van der Waals surface area contributed by atoms with Gasteiger partial charge in [-0.15, -0.1) is 0 Å². The zero-order chi connectivity index (χ0) is 16.9. The number of rotatable bonds is 4. The number of piperazine rings is 1. The van der Waals surface area contributed by atoms with Crippen LogP contribution in [0.5, 0.6) is 0 Å². The highest BCUT2D eigenvalue weighted by molar-refractivity contribution is 5.92. The lowest BCUT2D eigenvalue weighted by Gasteiger charge is -2.33. The second kappa shape index (κ2) is 7.35. The molecule has 0 bridgehead atoms. The van der Waals surface area contributed by atoms with Gasteiger partial charge in [-0.05, 0) is 24.7 Å². The number of hydrogen-bond acceptors (Lipinski definition) is 5. The third kappa shape index (κ3) is 3.68. The van der Waals surface area contributed by atoms with Gasteiger partial charge in [-0.1, -0.05) is 19.1 Å². The normalized spacial score (nSPS) is 15.3.